The third kappa shape index (κ3) is 5.62. The molecule has 0 heterocycles. The van der Waals surface area contributed by atoms with Gasteiger partial charge >= 0.3 is 0 Å². The van der Waals surface area contributed by atoms with E-state index in [0.717, 1.165) is 5.92 Å². The van der Waals surface area contributed by atoms with E-state index in [9.17, 15) is 0 Å². The van der Waals surface area contributed by atoms with Crippen molar-refractivity contribution >= 4 is 17.1 Å². The standard InChI is InChI=1S/C67H61N/c1-4-48-37-43-15-13-17-49(38-43)67(48)61-24-10-7-21-55(61)58-33-28-47(41-64(58)67)45-16-14-18-51(39-45)68(52-31-34-56-53-19-5-8-22-59(53)65(2,3)62(56)42-52)50-29-25-44(26-30-50)46-27-32-57-54-20-6-9-23-60(54)66(63(57)40-46)35-11-12-36-66/h5-10,14,16,18-34,39-43,48-49H,4,11-13,15,17,35-38H2,1-3H3. The molecule has 8 aromatic carbocycles. The summed E-state index contributed by atoms with van der Waals surface area (Å²) in [7, 11) is 0. The lowest BCUT2D eigenvalue weighted by Crippen LogP contribution is -2.48. The van der Waals surface area contributed by atoms with Crippen LogP contribution in [0.3, 0.4) is 0 Å². The molecule has 0 saturated heterocycles. The third-order valence-corrected chi connectivity index (χ3v) is 18.8. The summed E-state index contributed by atoms with van der Waals surface area (Å²) in [5.41, 5.74) is 26.5. The highest BCUT2D eigenvalue weighted by atomic mass is 15.1. The van der Waals surface area contributed by atoms with Gasteiger partial charge in [0.05, 0.1) is 0 Å². The maximum absolute atomic E-state index is 2.64. The highest BCUT2D eigenvalue weighted by molar-refractivity contribution is 5.89. The molecule has 334 valence electrons. The monoisotopic (exact) mass is 879 g/mol. The quantitative estimate of drug-likeness (QED) is 0.161. The van der Waals surface area contributed by atoms with Crippen molar-refractivity contribution in [3.05, 3.63) is 209 Å². The van der Waals surface area contributed by atoms with E-state index >= 15 is 0 Å². The molecule has 1 heteroatoms. The molecule has 6 aliphatic rings. The molecule has 14 rings (SSSR count). The fourth-order valence-corrected chi connectivity index (χ4v) is 15.8. The van der Waals surface area contributed by atoms with Crippen LogP contribution in [0.5, 0.6) is 0 Å². The van der Waals surface area contributed by atoms with Crippen LogP contribution in [-0.2, 0) is 16.2 Å². The Kier molecular flexibility index (Phi) is 8.98. The highest BCUT2D eigenvalue weighted by Crippen LogP contribution is 2.65. The zero-order valence-corrected chi connectivity index (χ0v) is 40.0. The Morgan fingerprint density at radius 1 is 0.426 bits per heavy atom. The number of nitrogens with zero attached hydrogens (tertiary/aromatic N) is 1. The summed E-state index contributed by atoms with van der Waals surface area (Å²) in [5.74, 6) is 2.25. The predicted molar refractivity (Wildman–Crippen MR) is 284 cm³/mol. The molecular weight excluding hydrogens is 819 g/mol. The minimum atomic E-state index is -0.102. The Morgan fingerprint density at radius 3 is 1.75 bits per heavy atom. The molecule has 1 nitrogen and oxygen atoms in total. The van der Waals surface area contributed by atoms with Crippen LogP contribution in [0.25, 0.3) is 55.6 Å². The van der Waals surface area contributed by atoms with E-state index in [1.807, 2.05) is 0 Å². The summed E-state index contributed by atoms with van der Waals surface area (Å²) in [6, 6.07) is 68.7. The van der Waals surface area contributed by atoms with Crippen LogP contribution in [0, 0.1) is 17.8 Å². The zero-order valence-electron chi connectivity index (χ0n) is 40.0. The van der Waals surface area contributed by atoms with Crippen LogP contribution in [-0.4, -0.2) is 0 Å². The molecule has 0 aromatic heterocycles. The van der Waals surface area contributed by atoms with Gasteiger partial charge < -0.3 is 4.90 Å². The van der Waals surface area contributed by atoms with Crippen LogP contribution < -0.4 is 4.90 Å². The summed E-state index contributed by atoms with van der Waals surface area (Å²) in [6.45, 7) is 7.26. The number of benzene rings is 8. The lowest BCUT2D eigenvalue weighted by Gasteiger charge is -2.54. The summed E-state index contributed by atoms with van der Waals surface area (Å²) < 4.78 is 0. The molecule has 4 unspecified atom stereocenters. The number of fused-ring (bicyclic) bond motifs is 16. The largest absolute Gasteiger partial charge is 0.310 e. The Morgan fingerprint density at radius 2 is 0.985 bits per heavy atom. The van der Waals surface area contributed by atoms with E-state index in [4.69, 9.17) is 0 Å². The Labute approximate surface area is 403 Å². The van der Waals surface area contributed by atoms with Crippen LogP contribution in [0.1, 0.15) is 118 Å². The van der Waals surface area contributed by atoms with Crippen molar-refractivity contribution in [3.63, 3.8) is 0 Å². The second-order valence-corrected chi connectivity index (χ2v) is 22.2. The van der Waals surface area contributed by atoms with Gasteiger partial charge in [-0.2, -0.15) is 0 Å². The zero-order chi connectivity index (χ0) is 45.4. The average Bonchev–Trinajstić information content (AvgIpc) is 4.13. The van der Waals surface area contributed by atoms with Crippen LogP contribution in [0.15, 0.2) is 176 Å². The molecule has 6 aliphatic carbocycles. The van der Waals surface area contributed by atoms with Gasteiger partial charge in [-0.25, -0.2) is 0 Å². The first-order chi connectivity index (χ1) is 33.4. The molecular formula is C67H61N. The molecule has 8 aromatic rings. The number of rotatable bonds is 6. The first-order valence-electron chi connectivity index (χ1n) is 26.1. The van der Waals surface area contributed by atoms with Crippen molar-refractivity contribution in [1.82, 2.24) is 0 Å². The molecule has 0 radical (unpaired) electrons. The van der Waals surface area contributed by atoms with Gasteiger partial charge in [0, 0.05) is 33.3 Å². The normalized spacial score (nSPS) is 22.6. The van der Waals surface area contributed by atoms with E-state index in [1.165, 1.54) is 154 Å². The third-order valence-electron chi connectivity index (χ3n) is 18.8. The minimum absolute atomic E-state index is 0.0916. The van der Waals surface area contributed by atoms with Crippen molar-refractivity contribution < 1.29 is 0 Å². The molecule has 4 atom stereocenters. The lowest BCUT2D eigenvalue weighted by atomic mass is 9.50. The topological polar surface area (TPSA) is 3.24 Å². The van der Waals surface area contributed by atoms with E-state index < -0.39 is 0 Å². The predicted octanol–water partition coefficient (Wildman–Crippen LogP) is 18.1. The van der Waals surface area contributed by atoms with Crippen molar-refractivity contribution in [1.29, 1.82) is 0 Å². The molecule has 0 amide bonds. The van der Waals surface area contributed by atoms with Gasteiger partial charge in [-0.3, -0.25) is 0 Å². The van der Waals surface area contributed by atoms with Gasteiger partial charge in [-0.15, -0.1) is 0 Å². The number of hydrogen-bond donors (Lipinski definition) is 0. The van der Waals surface area contributed by atoms with E-state index in [2.05, 4.69) is 202 Å². The molecule has 68 heavy (non-hydrogen) atoms. The lowest BCUT2D eigenvalue weighted by molar-refractivity contribution is 0.0557. The smallest absolute Gasteiger partial charge is 0.0467 e. The van der Waals surface area contributed by atoms with E-state index in [0.29, 0.717) is 11.8 Å². The maximum Gasteiger partial charge on any atom is 0.0467 e. The number of anilines is 3. The molecule has 0 aliphatic heterocycles. The van der Waals surface area contributed by atoms with Crippen molar-refractivity contribution in [2.45, 2.75) is 101 Å². The Balaban J connectivity index is 0.885. The van der Waals surface area contributed by atoms with Gasteiger partial charge in [-0.1, -0.05) is 180 Å². The van der Waals surface area contributed by atoms with Crippen molar-refractivity contribution in [2.24, 2.45) is 17.8 Å². The van der Waals surface area contributed by atoms with E-state index in [1.54, 1.807) is 16.7 Å². The molecule has 0 N–H and O–H groups in total. The van der Waals surface area contributed by atoms with Crippen molar-refractivity contribution in [3.8, 4) is 55.6 Å². The van der Waals surface area contributed by atoms with E-state index in [-0.39, 0.29) is 16.2 Å². The molecule has 2 spiro atoms. The first-order valence-corrected chi connectivity index (χ1v) is 26.1. The fourth-order valence-electron chi connectivity index (χ4n) is 15.8. The summed E-state index contributed by atoms with van der Waals surface area (Å²) in [6.07, 6.45) is 13.2. The summed E-state index contributed by atoms with van der Waals surface area (Å²) in [4.78, 5) is 2.51. The first kappa shape index (κ1) is 40.6. The minimum Gasteiger partial charge on any atom is -0.310 e. The summed E-state index contributed by atoms with van der Waals surface area (Å²) >= 11 is 0. The van der Waals surface area contributed by atoms with Gasteiger partial charge in [-0.05, 0) is 187 Å². The average molecular weight is 880 g/mol. The fraction of sp³-hybridized carbons (Fsp3) is 0.284. The van der Waals surface area contributed by atoms with Crippen LogP contribution in [0.2, 0.25) is 0 Å². The second kappa shape index (κ2) is 15.0. The van der Waals surface area contributed by atoms with Crippen LogP contribution >= 0.6 is 0 Å². The summed E-state index contributed by atoms with van der Waals surface area (Å²) in [5, 5.41) is 0. The maximum atomic E-state index is 2.64. The number of hydrogen-bond acceptors (Lipinski definition) is 1. The molecule has 3 saturated carbocycles. The second-order valence-electron chi connectivity index (χ2n) is 22.2. The Bertz CT molecular complexity index is 3320. The molecule has 2 bridgehead atoms. The Hall–Kier alpha value is -6.44. The van der Waals surface area contributed by atoms with Gasteiger partial charge in [0.15, 0.2) is 0 Å². The SMILES string of the molecule is CCC1CC2CCCC(C2)C12c1ccccc1-c1ccc(-c3cccc(N(c4ccc(-c5ccc6c(c5)C5(CCCC5)c5ccccc5-6)cc4)c4ccc5c(c4)C(C)(C)c4ccccc4-5)c3)cc12. The van der Waals surface area contributed by atoms with Gasteiger partial charge in [0.25, 0.3) is 0 Å². The highest BCUT2D eigenvalue weighted by Gasteiger charge is 2.56. The van der Waals surface area contributed by atoms with Crippen LogP contribution in [0.4, 0.5) is 17.1 Å². The van der Waals surface area contributed by atoms with Gasteiger partial charge in [0.1, 0.15) is 0 Å². The van der Waals surface area contributed by atoms with Crippen molar-refractivity contribution in [2.75, 3.05) is 4.90 Å². The molecule has 3 fully saturated rings. The van der Waals surface area contributed by atoms with Gasteiger partial charge in [0.2, 0.25) is 0 Å².